The van der Waals surface area contributed by atoms with Crippen molar-refractivity contribution < 1.29 is 28.9 Å². The van der Waals surface area contributed by atoms with Gasteiger partial charge in [0.15, 0.2) is 11.5 Å². The van der Waals surface area contributed by atoms with E-state index < -0.39 is 17.7 Å². The van der Waals surface area contributed by atoms with Gasteiger partial charge in [-0.2, -0.15) is 0 Å². The molecule has 7 unspecified atom stereocenters. The number of phenols is 1. The number of alkyl halides is 1. The summed E-state index contributed by atoms with van der Waals surface area (Å²) in [5.74, 6) is 2.03. The summed E-state index contributed by atoms with van der Waals surface area (Å²) < 4.78 is 27.7. The molecule has 0 saturated heterocycles. The summed E-state index contributed by atoms with van der Waals surface area (Å²) in [4.78, 5) is 13.8. The zero-order valence-corrected chi connectivity index (χ0v) is 29.0. The number of quaternary nitrogens is 1. The first-order valence-electron chi connectivity index (χ1n) is 17.9. The van der Waals surface area contributed by atoms with Gasteiger partial charge in [-0.05, 0) is 109 Å². The van der Waals surface area contributed by atoms with Crippen LogP contribution in [-0.4, -0.2) is 55.7 Å². The monoisotopic (exact) mass is 658 g/mol. The second-order valence-corrected chi connectivity index (χ2v) is 14.9. The molecule has 1 amide bonds. The molecule has 0 heterocycles. The average Bonchev–Trinajstić information content (AvgIpc) is 3.38. The molecule has 0 bridgehead atoms. The molecule has 0 radical (unpaired) electrons. The Kier molecular flexibility index (Phi) is 10.2. The number of nitrogens with zero attached hydrogens (tertiary/aromatic N) is 1. The van der Waals surface area contributed by atoms with Crippen molar-refractivity contribution in [2.75, 3.05) is 27.3 Å². The Morgan fingerprint density at radius 1 is 0.958 bits per heavy atom. The van der Waals surface area contributed by atoms with Crippen LogP contribution in [0.1, 0.15) is 81.4 Å². The average molecular weight is 659 g/mol. The number of halogens is 1. The van der Waals surface area contributed by atoms with Gasteiger partial charge in [0.25, 0.3) is 0 Å². The highest BCUT2D eigenvalue weighted by atomic mass is 19.1. The molecular weight excluding hydrogens is 605 g/mol. The van der Waals surface area contributed by atoms with Gasteiger partial charge in [-0.15, -0.1) is 0 Å². The first-order valence-corrected chi connectivity index (χ1v) is 17.9. The lowest BCUT2D eigenvalue weighted by atomic mass is 9.51. The van der Waals surface area contributed by atoms with Crippen molar-refractivity contribution >= 4 is 11.6 Å². The van der Waals surface area contributed by atoms with Crippen LogP contribution in [0.2, 0.25) is 0 Å². The van der Waals surface area contributed by atoms with Crippen molar-refractivity contribution in [3.63, 3.8) is 0 Å². The zero-order chi connectivity index (χ0) is 34.1. The Labute approximate surface area is 285 Å². The van der Waals surface area contributed by atoms with Crippen LogP contribution < -0.4 is 14.0 Å². The van der Waals surface area contributed by atoms with Gasteiger partial charge in [0.1, 0.15) is 17.6 Å². The fourth-order valence-corrected chi connectivity index (χ4v) is 9.98. The van der Waals surface area contributed by atoms with Crippen molar-refractivity contribution in [3.8, 4) is 17.2 Å². The summed E-state index contributed by atoms with van der Waals surface area (Å²) in [6.07, 6.45) is 5.77. The van der Waals surface area contributed by atoms with E-state index in [1.54, 1.807) is 27.2 Å². The summed E-state index contributed by atoms with van der Waals surface area (Å²) >= 11 is 0. The van der Waals surface area contributed by atoms with Crippen molar-refractivity contribution in [2.45, 2.75) is 89.8 Å². The maximum atomic E-state index is 16.3. The lowest BCUT2D eigenvalue weighted by molar-refractivity contribution is -0.128. The van der Waals surface area contributed by atoms with Crippen molar-refractivity contribution in [1.82, 2.24) is 4.48 Å². The minimum atomic E-state index is -1.02. The predicted octanol–water partition coefficient (Wildman–Crippen LogP) is 8.16. The van der Waals surface area contributed by atoms with E-state index in [4.69, 9.17) is 9.47 Å². The van der Waals surface area contributed by atoms with Gasteiger partial charge in [0, 0.05) is 24.5 Å². The van der Waals surface area contributed by atoms with Crippen molar-refractivity contribution in [2.24, 2.45) is 23.2 Å². The molecule has 258 valence electrons. The number of carbonyl (C=O) groups excluding carboxylic acids is 1. The maximum Gasteiger partial charge on any atom is 0.315 e. The van der Waals surface area contributed by atoms with Crippen LogP contribution in [0.4, 0.5) is 10.1 Å². The van der Waals surface area contributed by atoms with Gasteiger partial charge >= 0.3 is 5.91 Å². The molecule has 6 nitrogen and oxygen atoms in total. The minimum Gasteiger partial charge on any atom is -0.508 e. The number of methoxy groups -OCH3 is 2. The van der Waals surface area contributed by atoms with Gasteiger partial charge < -0.3 is 19.7 Å². The molecule has 6 rings (SSSR count). The Bertz CT molecular complexity index is 1580. The topological polar surface area (TPSA) is 76.0 Å². The van der Waals surface area contributed by atoms with Gasteiger partial charge in [-0.1, -0.05) is 43.3 Å². The van der Waals surface area contributed by atoms with E-state index in [0.717, 1.165) is 68.2 Å². The number of amides is 1. The smallest absolute Gasteiger partial charge is 0.315 e. The van der Waals surface area contributed by atoms with Crippen LogP contribution in [0.5, 0.6) is 17.2 Å². The third-order valence-electron chi connectivity index (χ3n) is 12.5. The summed E-state index contributed by atoms with van der Waals surface area (Å²) in [5.41, 5.74) is 3.86. The number of rotatable bonds is 12. The third-order valence-corrected chi connectivity index (χ3v) is 12.5. The van der Waals surface area contributed by atoms with E-state index >= 15 is 4.39 Å². The molecule has 3 aromatic rings. The van der Waals surface area contributed by atoms with Crippen LogP contribution in [0.25, 0.3) is 0 Å². The molecule has 8 atom stereocenters. The molecule has 48 heavy (non-hydrogen) atoms. The number of hydrogen-bond donors (Lipinski definition) is 2. The Hall–Kier alpha value is -3.42. The molecule has 2 N–H and O–H groups in total. The SMILES string of the molecule is COc1ccc([N+](CCCCC2Cc3cc(O)ccc3C3C(F)C[C@]4(C)C(O)CCC4C23)(CCCc2ccccc2)C(C)=O)cc1OC. The molecule has 2 fully saturated rings. The van der Waals surface area contributed by atoms with E-state index in [2.05, 4.69) is 31.2 Å². The van der Waals surface area contributed by atoms with Crippen molar-refractivity contribution in [3.05, 3.63) is 83.4 Å². The number of aliphatic hydroxyl groups excluding tert-OH is 1. The molecule has 0 aliphatic heterocycles. The molecule has 2 saturated carbocycles. The molecule has 3 aliphatic rings. The third kappa shape index (κ3) is 6.36. The number of aliphatic hydroxyl groups is 1. The lowest BCUT2D eigenvalue weighted by Crippen LogP contribution is -2.54. The Balaban J connectivity index is 1.24. The van der Waals surface area contributed by atoms with Crippen molar-refractivity contribution in [1.29, 1.82) is 0 Å². The predicted molar refractivity (Wildman–Crippen MR) is 188 cm³/mol. The second-order valence-electron chi connectivity index (χ2n) is 14.9. The van der Waals surface area contributed by atoms with Gasteiger partial charge in [-0.3, -0.25) is 0 Å². The van der Waals surface area contributed by atoms with Crippen LogP contribution in [0.15, 0.2) is 66.7 Å². The standard InChI is InChI=1S/C41H52FNO5/c1-27(44)43(22-10-13-28-11-6-5-7-12-28,31-15-19-36(47-3)37(25-31)48-4)21-9-8-14-29-23-30-24-32(45)16-17-33(30)40-35(42)26-41(2)34(39(29)40)18-20-38(41)46/h5-7,11-12,15-17,19,24-25,29,34-35,38-40,46H,8-10,13-14,18,20-23,26H2,1-4H3/p+1/t29?,34?,35?,38?,39?,40?,41-,43?/m0/s1. The summed E-state index contributed by atoms with van der Waals surface area (Å²) in [6.45, 7) is 5.13. The molecule has 3 aromatic carbocycles. The summed E-state index contributed by atoms with van der Waals surface area (Å²) in [5, 5.41) is 21.4. The number of phenolic OH excluding ortho intramolecular Hbond substituents is 1. The first-order chi connectivity index (χ1) is 23.1. The van der Waals surface area contributed by atoms with E-state index in [1.807, 2.05) is 36.4 Å². The van der Waals surface area contributed by atoms with Crippen LogP contribution in [0.3, 0.4) is 0 Å². The quantitative estimate of drug-likeness (QED) is 0.152. The molecule has 7 heteroatoms. The number of fused-ring (bicyclic) bond motifs is 5. The van der Waals surface area contributed by atoms with Gasteiger partial charge in [-0.25, -0.2) is 13.7 Å². The number of aromatic hydroxyl groups is 1. The number of ether oxygens (including phenoxy) is 2. The number of carbonyl (C=O) groups is 1. The first kappa shape index (κ1) is 34.4. The highest BCUT2D eigenvalue weighted by Crippen LogP contribution is 2.63. The highest BCUT2D eigenvalue weighted by Gasteiger charge is 2.60. The van der Waals surface area contributed by atoms with Crippen LogP contribution >= 0.6 is 0 Å². The largest absolute Gasteiger partial charge is 0.508 e. The van der Waals surface area contributed by atoms with E-state index in [-0.39, 0.29) is 39.8 Å². The fourth-order valence-electron chi connectivity index (χ4n) is 9.98. The molecule has 0 aromatic heterocycles. The van der Waals surface area contributed by atoms with Crippen LogP contribution in [0, 0.1) is 23.2 Å². The lowest BCUT2D eigenvalue weighted by Gasteiger charge is -2.54. The normalized spacial score (nSPS) is 28.9. The van der Waals surface area contributed by atoms with Crippen LogP contribution in [-0.2, 0) is 17.6 Å². The number of hydrogen-bond acceptors (Lipinski definition) is 5. The Morgan fingerprint density at radius 2 is 1.71 bits per heavy atom. The second kappa shape index (κ2) is 14.2. The molecular formula is C41H53FNO5+. The number of unbranched alkanes of at least 4 members (excludes halogenated alkanes) is 1. The highest BCUT2D eigenvalue weighted by molar-refractivity contribution is 5.87. The summed E-state index contributed by atoms with van der Waals surface area (Å²) in [6, 6.07) is 21.7. The zero-order valence-electron chi connectivity index (χ0n) is 29.0. The van der Waals surface area contributed by atoms with Gasteiger partial charge in [0.05, 0.1) is 40.3 Å². The van der Waals surface area contributed by atoms with E-state index in [0.29, 0.717) is 31.0 Å². The van der Waals surface area contributed by atoms with Gasteiger partial charge in [0.2, 0.25) is 0 Å². The maximum absolute atomic E-state index is 16.3. The summed E-state index contributed by atoms with van der Waals surface area (Å²) in [7, 11) is 3.24. The molecule has 0 spiro atoms. The number of aryl methyl sites for hydroxylation is 1. The van der Waals surface area contributed by atoms with E-state index in [9.17, 15) is 15.0 Å². The number of benzene rings is 3. The Morgan fingerprint density at radius 3 is 2.44 bits per heavy atom. The minimum absolute atomic E-state index is 0.0978. The van der Waals surface area contributed by atoms with E-state index in [1.165, 1.54) is 5.56 Å². The fraction of sp³-hybridized carbons (Fsp3) is 0.537. The molecule has 3 aliphatic carbocycles.